The van der Waals surface area contributed by atoms with Crippen LogP contribution < -0.4 is 0 Å². The van der Waals surface area contributed by atoms with Gasteiger partial charge < -0.3 is 9.84 Å². The smallest absolute Gasteiger partial charge is 0.334 e. The molecule has 2 aromatic rings. The van der Waals surface area contributed by atoms with Crippen LogP contribution in [-0.4, -0.2) is 11.1 Å². The fourth-order valence-electron chi connectivity index (χ4n) is 2.67. The van der Waals surface area contributed by atoms with Gasteiger partial charge in [0.05, 0.1) is 0 Å². The van der Waals surface area contributed by atoms with Gasteiger partial charge in [-0.3, -0.25) is 0 Å². The van der Waals surface area contributed by atoms with Crippen LogP contribution in [-0.2, 0) is 9.53 Å². The summed E-state index contributed by atoms with van der Waals surface area (Å²) in [4.78, 5) is 11.9. The Labute approximate surface area is 123 Å². The molecule has 0 radical (unpaired) electrons. The zero-order chi connectivity index (χ0) is 15.0. The van der Waals surface area contributed by atoms with Crippen molar-refractivity contribution in [2.45, 2.75) is 19.1 Å². The summed E-state index contributed by atoms with van der Waals surface area (Å²) in [5.74, 6) is -0.430. The molecule has 1 N–H and O–H groups in total. The molecule has 0 bridgehead atoms. The second-order valence-electron chi connectivity index (χ2n) is 5.23. The van der Waals surface area contributed by atoms with E-state index in [4.69, 9.17) is 4.74 Å². The van der Waals surface area contributed by atoms with Crippen LogP contribution in [0.2, 0.25) is 0 Å². The number of carbonyl (C=O) groups excluding carboxylic acids is 1. The zero-order valence-corrected chi connectivity index (χ0v) is 11.7. The predicted molar refractivity (Wildman–Crippen MR) is 79.7 cm³/mol. The molecule has 2 aromatic carbocycles. The monoisotopic (exact) mass is 280 g/mol. The van der Waals surface area contributed by atoms with Gasteiger partial charge in [0.1, 0.15) is 6.10 Å². The second kappa shape index (κ2) is 5.19. The van der Waals surface area contributed by atoms with Crippen molar-refractivity contribution in [1.82, 2.24) is 0 Å². The summed E-state index contributed by atoms with van der Waals surface area (Å²) in [5.41, 5.74) is 3.54. The number of aliphatic hydroxyl groups is 1. The van der Waals surface area contributed by atoms with E-state index in [0.29, 0.717) is 5.57 Å². The van der Waals surface area contributed by atoms with E-state index in [9.17, 15) is 9.90 Å². The Hall–Kier alpha value is -2.39. The van der Waals surface area contributed by atoms with Crippen LogP contribution in [0.25, 0.3) is 0 Å². The topological polar surface area (TPSA) is 46.5 Å². The normalized spacial score (nSPS) is 19.3. The lowest BCUT2D eigenvalue weighted by Gasteiger charge is -2.31. The van der Waals surface area contributed by atoms with E-state index in [1.165, 1.54) is 0 Å². The quantitative estimate of drug-likeness (QED) is 0.678. The van der Waals surface area contributed by atoms with Gasteiger partial charge in [0.15, 0.2) is 6.10 Å². The van der Waals surface area contributed by atoms with Gasteiger partial charge >= 0.3 is 5.97 Å². The van der Waals surface area contributed by atoms with Crippen LogP contribution >= 0.6 is 0 Å². The molecule has 0 saturated carbocycles. The largest absolute Gasteiger partial charge is 0.449 e. The van der Waals surface area contributed by atoms with Crippen molar-refractivity contribution in [2.24, 2.45) is 0 Å². The Morgan fingerprint density at radius 1 is 1.00 bits per heavy atom. The second-order valence-corrected chi connectivity index (χ2v) is 5.23. The number of fused-ring (bicyclic) bond motifs is 2. The van der Waals surface area contributed by atoms with Crippen molar-refractivity contribution in [3.8, 4) is 0 Å². The zero-order valence-electron chi connectivity index (χ0n) is 11.7. The fourth-order valence-corrected chi connectivity index (χ4v) is 2.67. The van der Waals surface area contributed by atoms with E-state index in [2.05, 4.69) is 6.58 Å². The Morgan fingerprint density at radius 2 is 1.43 bits per heavy atom. The molecule has 0 atom stereocenters. The molecule has 0 saturated heterocycles. The summed E-state index contributed by atoms with van der Waals surface area (Å²) in [6.45, 7) is 5.25. The average Bonchev–Trinajstić information content (AvgIpc) is 2.51. The average molecular weight is 280 g/mol. The molecule has 0 amide bonds. The maximum Gasteiger partial charge on any atom is 0.334 e. The molecule has 1 aliphatic carbocycles. The van der Waals surface area contributed by atoms with Crippen molar-refractivity contribution in [1.29, 1.82) is 0 Å². The molecule has 3 heteroatoms. The van der Waals surface area contributed by atoms with Gasteiger partial charge in [0, 0.05) is 16.7 Å². The first-order chi connectivity index (χ1) is 10.1. The standard InChI is InChI=1S/C18H16O3/c1-11(2)18(20)21-17-14-9-5-3-7-12(14)16(19)13-8-4-6-10-15(13)17/h3-10,16-17,19H,1H2,2H3. The number of esters is 1. The van der Waals surface area contributed by atoms with Gasteiger partial charge in [-0.15, -0.1) is 0 Å². The third kappa shape index (κ3) is 2.26. The highest BCUT2D eigenvalue weighted by Gasteiger charge is 2.33. The van der Waals surface area contributed by atoms with E-state index in [1.807, 2.05) is 48.5 Å². The predicted octanol–water partition coefficient (Wildman–Crippen LogP) is 3.29. The van der Waals surface area contributed by atoms with Crippen molar-refractivity contribution in [2.75, 3.05) is 0 Å². The fraction of sp³-hybridized carbons (Fsp3) is 0.167. The van der Waals surface area contributed by atoms with E-state index in [1.54, 1.807) is 6.92 Å². The third-order valence-corrected chi connectivity index (χ3v) is 3.72. The van der Waals surface area contributed by atoms with E-state index in [0.717, 1.165) is 22.3 Å². The minimum absolute atomic E-state index is 0.357. The summed E-state index contributed by atoms with van der Waals surface area (Å²) in [6.07, 6.45) is -1.21. The van der Waals surface area contributed by atoms with Crippen LogP contribution in [0.1, 0.15) is 41.4 Å². The minimum Gasteiger partial charge on any atom is -0.449 e. The van der Waals surface area contributed by atoms with Gasteiger partial charge in [-0.1, -0.05) is 55.1 Å². The number of carbonyl (C=O) groups is 1. The molecule has 21 heavy (non-hydrogen) atoms. The highest BCUT2D eigenvalue weighted by molar-refractivity contribution is 5.87. The molecule has 0 aromatic heterocycles. The van der Waals surface area contributed by atoms with Gasteiger partial charge in [-0.2, -0.15) is 0 Å². The summed E-state index contributed by atoms with van der Waals surface area (Å²) in [5, 5.41) is 10.5. The molecular weight excluding hydrogens is 264 g/mol. The van der Waals surface area contributed by atoms with Crippen molar-refractivity contribution in [3.63, 3.8) is 0 Å². The van der Waals surface area contributed by atoms with Gasteiger partial charge in [-0.05, 0) is 18.1 Å². The first-order valence-electron chi connectivity index (χ1n) is 6.82. The highest BCUT2D eigenvalue weighted by Crippen LogP contribution is 2.42. The minimum atomic E-state index is -0.697. The molecule has 0 spiro atoms. The van der Waals surface area contributed by atoms with E-state index >= 15 is 0 Å². The molecule has 0 unspecified atom stereocenters. The summed E-state index contributed by atoms with van der Waals surface area (Å²) >= 11 is 0. The molecule has 3 rings (SSSR count). The Kier molecular flexibility index (Phi) is 3.35. The number of ether oxygens (including phenoxy) is 1. The Balaban J connectivity index is 2.13. The molecule has 0 aliphatic heterocycles. The number of rotatable bonds is 2. The first-order valence-corrected chi connectivity index (χ1v) is 6.82. The maximum absolute atomic E-state index is 11.9. The summed E-state index contributed by atoms with van der Waals surface area (Å²) in [6, 6.07) is 15.0. The van der Waals surface area contributed by atoms with Crippen molar-refractivity contribution in [3.05, 3.63) is 82.9 Å². The van der Waals surface area contributed by atoms with Crippen LogP contribution in [0.5, 0.6) is 0 Å². The lowest BCUT2D eigenvalue weighted by molar-refractivity contribution is -0.143. The van der Waals surface area contributed by atoms with Crippen molar-refractivity contribution >= 4 is 5.97 Å². The lowest BCUT2D eigenvalue weighted by Crippen LogP contribution is -2.22. The van der Waals surface area contributed by atoms with E-state index < -0.39 is 18.2 Å². The molecule has 106 valence electrons. The van der Waals surface area contributed by atoms with Gasteiger partial charge in [-0.25, -0.2) is 4.79 Å². The Morgan fingerprint density at radius 3 is 1.86 bits per heavy atom. The molecule has 1 aliphatic rings. The maximum atomic E-state index is 11.9. The number of aliphatic hydroxyl groups excluding tert-OH is 1. The van der Waals surface area contributed by atoms with Gasteiger partial charge in [0.25, 0.3) is 0 Å². The Bertz CT molecular complexity index is 670. The van der Waals surface area contributed by atoms with Crippen LogP contribution in [0, 0.1) is 0 Å². The molecule has 0 heterocycles. The number of hydrogen-bond donors (Lipinski definition) is 1. The third-order valence-electron chi connectivity index (χ3n) is 3.72. The molecule has 0 fully saturated rings. The van der Waals surface area contributed by atoms with E-state index in [-0.39, 0.29) is 0 Å². The highest BCUT2D eigenvalue weighted by atomic mass is 16.5. The molecular formula is C18H16O3. The van der Waals surface area contributed by atoms with Crippen molar-refractivity contribution < 1.29 is 14.6 Å². The summed E-state index contributed by atoms with van der Waals surface area (Å²) in [7, 11) is 0. The number of benzene rings is 2. The van der Waals surface area contributed by atoms with Crippen LogP contribution in [0.15, 0.2) is 60.7 Å². The lowest BCUT2D eigenvalue weighted by atomic mass is 9.82. The van der Waals surface area contributed by atoms with Crippen LogP contribution in [0.3, 0.4) is 0 Å². The van der Waals surface area contributed by atoms with Gasteiger partial charge in [0.2, 0.25) is 0 Å². The number of hydrogen-bond acceptors (Lipinski definition) is 3. The summed E-state index contributed by atoms with van der Waals surface area (Å²) < 4.78 is 5.60. The SMILES string of the molecule is C=C(C)C(=O)OC1c2ccccc2C(O)c2ccccc21. The first kappa shape index (κ1) is 13.6. The van der Waals surface area contributed by atoms with Crippen LogP contribution in [0.4, 0.5) is 0 Å². The molecule has 3 nitrogen and oxygen atoms in total.